The van der Waals surface area contributed by atoms with Crippen molar-refractivity contribution in [3.63, 3.8) is 0 Å². The van der Waals surface area contributed by atoms with E-state index in [1.165, 1.54) is 0 Å². The van der Waals surface area contributed by atoms with E-state index in [2.05, 4.69) is 4.98 Å². The first-order valence-electron chi connectivity index (χ1n) is 5.34. The minimum absolute atomic E-state index is 0. The van der Waals surface area contributed by atoms with Crippen LogP contribution >= 0.6 is 35.6 Å². The molecule has 0 unspecified atom stereocenters. The number of ether oxygens (including phenoxy) is 1. The Kier molecular flexibility index (Phi) is 5.97. The Morgan fingerprint density at radius 1 is 1.29 bits per heavy atom. The molecule has 2 N–H and O–H groups in total. The van der Waals surface area contributed by atoms with Crippen molar-refractivity contribution in [3.05, 3.63) is 28.0 Å². The molecule has 2 rings (SSSR count). The van der Waals surface area contributed by atoms with Gasteiger partial charge in [0.05, 0.1) is 0 Å². The van der Waals surface area contributed by atoms with Gasteiger partial charge in [-0.3, -0.25) is 0 Å². The molecule has 1 aromatic rings. The van der Waals surface area contributed by atoms with Crippen LogP contribution in [0.15, 0.2) is 12.1 Å². The Morgan fingerprint density at radius 3 is 2.53 bits per heavy atom. The van der Waals surface area contributed by atoms with Crippen LogP contribution in [-0.4, -0.2) is 18.2 Å². The predicted molar refractivity (Wildman–Crippen MR) is 72.0 cm³/mol. The maximum absolute atomic E-state index is 6.20. The van der Waals surface area contributed by atoms with Crippen LogP contribution in [0.2, 0.25) is 10.3 Å². The van der Waals surface area contributed by atoms with Gasteiger partial charge >= 0.3 is 0 Å². The molecule has 0 spiro atoms. The quantitative estimate of drug-likeness (QED) is 0.853. The van der Waals surface area contributed by atoms with Crippen molar-refractivity contribution in [1.29, 1.82) is 0 Å². The summed E-state index contributed by atoms with van der Waals surface area (Å²) in [5, 5.41) is 0.805. The summed E-state index contributed by atoms with van der Waals surface area (Å²) in [4.78, 5) is 4.01. The van der Waals surface area contributed by atoms with E-state index < -0.39 is 0 Å². The highest BCUT2D eigenvalue weighted by atomic mass is 35.5. The summed E-state index contributed by atoms with van der Waals surface area (Å²) in [6.45, 7) is 1.55. The molecule has 0 amide bonds. The first-order chi connectivity index (χ1) is 7.68. The third-order valence-corrected chi connectivity index (χ3v) is 3.49. The van der Waals surface area contributed by atoms with Gasteiger partial charge in [-0.2, -0.15) is 0 Å². The smallest absolute Gasteiger partial charge is 0.135 e. The summed E-state index contributed by atoms with van der Waals surface area (Å²) < 4.78 is 5.31. The Morgan fingerprint density at radius 2 is 1.94 bits per heavy atom. The number of pyridine rings is 1. The molecule has 6 heteroatoms. The summed E-state index contributed by atoms with van der Waals surface area (Å²) in [6.07, 6.45) is 1.94. The van der Waals surface area contributed by atoms with Crippen LogP contribution < -0.4 is 5.73 Å². The fourth-order valence-corrected chi connectivity index (χ4v) is 2.47. The summed E-state index contributed by atoms with van der Waals surface area (Å²) in [5.41, 5.74) is 7.07. The topological polar surface area (TPSA) is 48.1 Å². The normalized spacial score (nSPS) is 18.5. The Bertz CT molecular complexity index is 370. The minimum atomic E-state index is -0.0823. The van der Waals surface area contributed by atoms with E-state index >= 15 is 0 Å². The summed E-state index contributed by atoms with van der Waals surface area (Å²) in [5.74, 6) is 0.411. The van der Waals surface area contributed by atoms with Gasteiger partial charge in [-0.05, 0) is 24.8 Å². The lowest BCUT2D eigenvalue weighted by Gasteiger charge is -2.28. The molecular formula is C11H15Cl3N2O. The molecule has 96 valence electrons. The number of nitrogens with zero attached hydrogens (tertiary/aromatic N) is 1. The third kappa shape index (κ3) is 3.70. The van der Waals surface area contributed by atoms with E-state index in [0.29, 0.717) is 16.2 Å². The maximum atomic E-state index is 6.20. The second kappa shape index (κ2) is 6.76. The van der Waals surface area contributed by atoms with E-state index in [1.54, 1.807) is 6.07 Å². The molecular weight excluding hydrogens is 282 g/mol. The van der Waals surface area contributed by atoms with Crippen LogP contribution in [-0.2, 0) is 4.74 Å². The zero-order valence-electron chi connectivity index (χ0n) is 9.23. The second-order valence-electron chi connectivity index (χ2n) is 3.99. The van der Waals surface area contributed by atoms with Crippen LogP contribution in [0.1, 0.15) is 24.4 Å². The molecule has 1 saturated heterocycles. The molecule has 0 saturated carbocycles. The molecule has 0 aromatic carbocycles. The molecule has 3 nitrogen and oxygen atoms in total. The summed E-state index contributed by atoms with van der Waals surface area (Å²) in [7, 11) is 0. The molecule has 1 fully saturated rings. The number of hydrogen-bond acceptors (Lipinski definition) is 3. The van der Waals surface area contributed by atoms with Crippen molar-refractivity contribution in [2.75, 3.05) is 13.2 Å². The van der Waals surface area contributed by atoms with Crippen LogP contribution in [0.25, 0.3) is 0 Å². The molecule has 1 aliphatic rings. The van der Waals surface area contributed by atoms with E-state index in [-0.39, 0.29) is 18.4 Å². The lowest BCUT2D eigenvalue weighted by Crippen LogP contribution is -2.27. The van der Waals surface area contributed by atoms with Crippen molar-refractivity contribution < 1.29 is 4.74 Å². The predicted octanol–water partition coefficient (Wildman–Crippen LogP) is 3.24. The average Bonchev–Trinajstić information content (AvgIpc) is 2.29. The first kappa shape index (κ1) is 15.0. The van der Waals surface area contributed by atoms with E-state index in [9.17, 15) is 0 Å². The minimum Gasteiger partial charge on any atom is -0.381 e. The molecule has 1 atom stereocenters. The summed E-state index contributed by atoms with van der Waals surface area (Å²) >= 11 is 11.8. The van der Waals surface area contributed by atoms with Crippen molar-refractivity contribution >= 4 is 35.6 Å². The SMILES string of the molecule is Cl.N[C@H](c1ccc(Cl)nc1Cl)C1CCOCC1. The molecule has 0 aliphatic carbocycles. The van der Waals surface area contributed by atoms with Gasteiger partial charge in [-0.15, -0.1) is 12.4 Å². The standard InChI is InChI=1S/C11H14Cl2N2O.ClH/c12-9-2-1-8(11(13)15-9)10(14)7-3-5-16-6-4-7;/h1-2,7,10H,3-6,14H2;1H/t10-;/m0./s1. The Balaban J connectivity index is 0.00000144. The lowest BCUT2D eigenvalue weighted by molar-refractivity contribution is 0.0583. The van der Waals surface area contributed by atoms with E-state index in [1.807, 2.05) is 6.07 Å². The fourth-order valence-electron chi connectivity index (χ4n) is 2.00. The molecule has 17 heavy (non-hydrogen) atoms. The van der Waals surface area contributed by atoms with E-state index in [0.717, 1.165) is 31.6 Å². The number of hydrogen-bond donors (Lipinski definition) is 1. The fraction of sp³-hybridized carbons (Fsp3) is 0.545. The van der Waals surface area contributed by atoms with Gasteiger partial charge in [0.2, 0.25) is 0 Å². The zero-order chi connectivity index (χ0) is 11.5. The number of halogens is 3. The van der Waals surface area contributed by atoms with Crippen molar-refractivity contribution in [2.24, 2.45) is 11.7 Å². The largest absolute Gasteiger partial charge is 0.381 e. The van der Waals surface area contributed by atoms with Crippen molar-refractivity contribution in [1.82, 2.24) is 4.98 Å². The lowest BCUT2D eigenvalue weighted by atomic mass is 9.88. The number of aromatic nitrogens is 1. The van der Waals surface area contributed by atoms with Gasteiger partial charge in [-0.1, -0.05) is 29.3 Å². The van der Waals surface area contributed by atoms with Gasteiger partial charge in [0.15, 0.2) is 0 Å². The van der Waals surface area contributed by atoms with Crippen LogP contribution in [0.5, 0.6) is 0 Å². The van der Waals surface area contributed by atoms with Gasteiger partial charge in [0.1, 0.15) is 10.3 Å². The average molecular weight is 298 g/mol. The number of nitrogens with two attached hydrogens (primary N) is 1. The zero-order valence-corrected chi connectivity index (χ0v) is 11.6. The number of rotatable bonds is 2. The third-order valence-electron chi connectivity index (χ3n) is 2.98. The van der Waals surface area contributed by atoms with E-state index in [4.69, 9.17) is 33.7 Å². The van der Waals surface area contributed by atoms with Crippen molar-refractivity contribution in [2.45, 2.75) is 18.9 Å². The highest BCUT2D eigenvalue weighted by molar-refractivity contribution is 6.32. The van der Waals surface area contributed by atoms with Crippen LogP contribution in [0.4, 0.5) is 0 Å². The van der Waals surface area contributed by atoms with Gasteiger partial charge in [-0.25, -0.2) is 4.98 Å². The monoisotopic (exact) mass is 296 g/mol. The van der Waals surface area contributed by atoms with Crippen molar-refractivity contribution in [3.8, 4) is 0 Å². The first-order valence-corrected chi connectivity index (χ1v) is 6.09. The molecule has 1 aromatic heterocycles. The van der Waals surface area contributed by atoms with Gasteiger partial charge in [0, 0.05) is 24.8 Å². The molecule has 0 bridgehead atoms. The second-order valence-corrected chi connectivity index (χ2v) is 4.73. The highest BCUT2D eigenvalue weighted by Crippen LogP contribution is 2.31. The molecule has 1 aliphatic heterocycles. The highest BCUT2D eigenvalue weighted by Gasteiger charge is 2.24. The maximum Gasteiger partial charge on any atom is 0.135 e. The molecule has 0 radical (unpaired) electrons. The van der Waals surface area contributed by atoms with Crippen LogP contribution in [0.3, 0.4) is 0 Å². The molecule has 2 heterocycles. The Labute approximate surface area is 117 Å². The van der Waals surface area contributed by atoms with Gasteiger partial charge < -0.3 is 10.5 Å². The summed E-state index contributed by atoms with van der Waals surface area (Å²) in [6, 6.07) is 3.50. The Hall–Kier alpha value is -0.0600. The van der Waals surface area contributed by atoms with Gasteiger partial charge in [0.25, 0.3) is 0 Å². The van der Waals surface area contributed by atoms with Crippen LogP contribution in [0, 0.1) is 5.92 Å².